The lowest BCUT2D eigenvalue weighted by Crippen LogP contribution is -2.14. The van der Waals surface area contributed by atoms with E-state index in [0.29, 0.717) is 59.4 Å². The summed E-state index contributed by atoms with van der Waals surface area (Å²) in [7, 11) is 0. The first-order valence-electron chi connectivity index (χ1n) is 10.6. The molecule has 10 heteroatoms. The number of halogens is 4. The van der Waals surface area contributed by atoms with Gasteiger partial charge in [-0.25, -0.2) is 6.57 Å². The molecule has 0 aliphatic carbocycles. The van der Waals surface area contributed by atoms with Crippen molar-refractivity contribution in [3.63, 3.8) is 0 Å². The Labute approximate surface area is 218 Å². The number of ether oxygens (including phenoxy) is 4. The van der Waals surface area contributed by atoms with E-state index in [2.05, 4.69) is 4.85 Å². The van der Waals surface area contributed by atoms with Gasteiger partial charge in [-0.15, -0.1) is 0 Å². The van der Waals surface area contributed by atoms with Crippen LogP contribution in [-0.2, 0) is 23.7 Å². The molecule has 2 aromatic carbocycles. The van der Waals surface area contributed by atoms with Crippen molar-refractivity contribution in [3.05, 3.63) is 79.0 Å². The average Bonchev–Trinajstić information content (AvgIpc) is 3.54. The molecule has 2 unspecified atom stereocenters. The summed E-state index contributed by atoms with van der Waals surface area (Å²) >= 11 is 23.5. The molecule has 34 heavy (non-hydrogen) atoms. The molecule has 0 bridgehead atoms. The van der Waals surface area contributed by atoms with Gasteiger partial charge in [-0.05, 0) is 35.9 Å². The highest BCUT2D eigenvalue weighted by molar-refractivity contribution is 6.42. The Morgan fingerprint density at radius 3 is 1.74 bits per heavy atom. The molecule has 0 spiro atoms. The Kier molecular flexibility index (Phi) is 10.9. The van der Waals surface area contributed by atoms with Gasteiger partial charge in [0.05, 0.1) is 52.9 Å². The maximum Gasteiger partial charge on any atom is 0.253 e. The zero-order chi connectivity index (χ0) is 24.5. The standard InChI is InChI=1S/C12H11Cl2NO2.C12H12Cl2O3/c1-15-11(7-12-16-4-5-17-12)8-2-3-9(13)10(14)6-8;13-10-2-1-8(5-11(10)14)9(7-15)6-12-16-3-4-17-12/h2-3,6,11-12H,4-5,7H2;1-2,5,7,9,12H,3-4,6H2. The van der Waals surface area contributed by atoms with Crippen LogP contribution in [0.4, 0.5) is 0 Å². The van der Waals surface area contributed by atoms with Crippen molar-refractivity contribution in [2.45, 2.75) is 37.4 Å². The van der Waals surface area contributed by atoms with Crippen molar-refractivity contribution >= 4 is 52.7 Å². The summed E-state index contributed by atoms with van der Waals surface area (Å²) in [5.74, 6) is -0.284. The summed E-state index contributed by atoms with van der Waals surface area (Å²) in [6.45, 7) is 9.57. The third-order valence-corrected chi connectivity index (χ3v) is 6.74. The SMILES string of the molecule is O=CC(CC1OCCO1)c1ccc(Cl)c(Cl)c1.[C-]#[N+]C(CC1OCCO1)c1ccc(Cl)c(Cl)c1. The summed E-state index contributed by atoms with van der Waals surface area (Å²) in [6, 6.07) is 10.1. The molecule has 4 rings (SSSR count). The van der Waals surface area contributed by atoms with Crippen molar-refractivity contribution in [1.82, 2.24) is 0 Å². The lowest BCUT2D eigenvalue weighted by molar-refractivity contribution is -0.112. The minimum Gasteiger partial charge on any atom is -0.350 e. The summed E-state index contributed by atoms with van der Waals surface area (Å²) < 4.78 is 21.3. The number of nitrogens with zero attached hydrogens (tertiary/aromatic N) is 1. The highest BCUT2D eigenvalue weighted by Gasteiger charge is 2.26. The molecule has 182 valence electrons. The molecule has 2 saturated heterocycles. The van der Waals surface area contributed by atoms with E-state index in [0.717, 1.165) is 17.4 Å². The lowest BCUT2D eigenvalue weighted by Gasteiger charge is -2.15. The van der Waals surface area contributed by atoms with E-state index in [1.807, 2.05) is 6.07 Å². The van der Waals surface area contributed by atoms with E-state index in [1.165, 1.54) is 0 Å². The first-order chi connectivity index (χ1) is 16.4. The minimum absolute atomic E-state index is 0.284. The van der Waals surface area contributed by atoms with Gasteiger partial charge in [0.25, 0.3) is 6.04 Å². The van der Waals surface area contributed by atoms with Gasteiger partial charge in [-0.3, -0.25) is 0 Å². The van der Waals surface area contributed by atoms with Crippen LogP contribution in [-0.4, -0.2) is 45.3 Å². The predicted molar refractivity (Wildman–Crippen MR) is 132 cm³/mol. The van der Waals surface area contributed by atoms with Crippen LogP contribution in [0, 0.1) is 6.57 Å². The Morgan fingerprint density at radius 2 is 1.26 bits per heavy atom. The number of carbonyl (C=O) groups is 1. The van der Waals surface area contributed by atoms with E-state index >= 15 is 0 Å². The van der Waals surface area contributed by atoms with E-state index in [4.69, 9.17) is 71.9 Å². The second-order valence-corrected chi connectivity index (χ2v) is 9.18. The van der Waals surface area contributed by atoms with Gasteiger partial charge in [-0.1, -0.05) is 52.5 Å². The molecule has 2 aliphatic rings. The molecule has 2 aromatic rings. The van der Waals surface area contributed by atoms with Crippen LogP contribution in [0.3, 0.4) is 0 Å². The van der Waals surface area contributed by atoms with Crippen LogP contribution < -0.4 is 0 Å². The van der Waals surface area contributed by atoms with Crippen molar-refractivity contribution in [1.29, 1.82) is 0 Å². The summed E-state index contributed by atoms with van der Waals surface area (Å²) in [5.41, 5.74) is 1.67. The highest BCUT2D eigenvalue weighted by Crippen LogP contribution is 2.31. The molecule has 2 aliphatic heterocycles. The molecule has 0 radical (unpaired) electrons. The van der Waals surface area contributed by atoms with Crippen molar-refractivity contribution in [2.24, 2.45) is 0 Å². The van der Waals surface area contributed by atoms with Crippen LogP contribution in [0.15, 0.2) is 36.4 Å². The predicted octanol–water partition coefficient (Wildman–Crippen LogP) is 6.76. The fraction of sp³-hybridized carbons (Fsp3) is 0.417. The van der Waals surface area contributed by atoms with E-state index < -0.39 is 0 Å². The fourth-order valence-corrected chi connectivity index (χ4v) is 4.09. The first kappa shape index (κ1) is 27.2. The number of hydrogen-bond donors (Lipinski definition) is 0. The molecule has 0 aromatic heterocycles. The number of carbonyl (C=O) groups excluding carboxylic acids is 1. The number of aldehydes is 1. The van der Waals surface area contributed by atoms with Gasteiger partial charge < -0.3 is 28.6 Å². The van der Waals surface area contributed by atoms with Crippen LogP contribution in [0.2, 0.25) is 20.1 Å². The zero-order valence-corrected chi connectivity index (χ0v) is 21.1. The fourth-order valence-electron chi connectivity index (χ4n) is 3.47. The normalized spacial score (nSPS) is 18.1. The van der Waals surface area contributed by atoms with Gasteiger partial charge >= 0.3 is 0 Å². The Bertz CT molecular complexity index is 1000. The monoisotopic (exact) mass is 545 g/mol. The third kappa shape index (κ3) is 7.81. The number of hydrogen-bond acceptors (Lipinski definition) is 5. The second-order valence-electron chi connectivity index (χ2n) is 7.55. The summed E-state index contributed by atoms with van der Waals surface area (Å²) in [6.07, 6.45) is 1.30. The molecular weight excluding hydrogens is 524 g/mol. The second kappa shape index (κ2) is 13.6. The maximum atomic E-state index is 11.1. The number of benzene rings is 2. The Morgan fingerprint density at radius 1 is 0.794 bits per heavy atom. The lowest BCUT2D eigenvalue weighted by atomic mass is 9.97. The highest BCUT2D eigenvalue weighted by atomic mass is 35.5. The van der Waals surface area contributed by atoms with Crippen LogP contribution >= 0.6 is 46.4 Å². The molecule has 0 amide bonds. The van der Waals surface area contributed by atoms with E-state index in [1.54, 1.807) is 30.3 Å². The Balaban J connectivity index is 0.000000191. The van der Waals surface area contributed by atoms with E-state index in [-0.39, 0.29) is 24.5 Å². The van der Waals surface area contributed by atoms with Crippen LogP contribution in [0.5, 0.6) is 0 Å². The third-order valence-electron chi connectivity index (χ3n) is 5.26. The molecule has 0 saturated carbocycles. The summed E-state index contributed by atoms with van der Waals surface area (Å²) in [5, 5.41) is 1.89. The maximum absolute atomic E-state index is 11.1. The van der Waals surface area contributed by atoms with Gasteiger partial charge in [0.15, 0.2) is 12.6 Å². The van der Waals surface area contributed by atoms with Crippen molar-refractivity contribution in [3.8, 4) is 0 Å². The largest absolute Gasteiger partial charge is 0.350 e. The quantitative estimate of drug-likeness (QED) is 0.284. The molecule has 2 heterocycles. The molecule has 0 N–H and O–H groups in total. The molecule has 2 fully saturated rings. The van der Waals surface area contributed by atoms with Crippen LogP contribution in [0.1, 0.15) is 35.9 Å². The smallest absolute Gasteiger partial charge is 0.253 e. The molecular formula is C24H23Cl4NO5. The van der Waals surface area contributed by atoms with Gasteiger partial charge in [-0.2, -0.15) is 0 Å². The minimum atomic E-state index is -0.312. The topological polar surface area (TPSA) is 58.4 Å². The number of rotatable bonds is 7. The van der Waals surface area contributed by atoms with Crippen molar-refractivity contribution < 1.29 is 23.7 Å². The van der Waals surface area contributed by atoms with Gasteiger partial charge in [0.1, 0.15) is 6.29 Å². The first-order valence-corrected chi connectivity index (χ1v) is 12.1. The molecule has 6 nitrogen and oxygen atoms in total. The van der Waals surface area contributed by atoms with Gasteiger partial charge in [0.2, 0.25) is 0 Å². The van der Waals surface area contributed by atoms with Gasteiger partial charge in [0, 0.05) is 17.9 Å². The average molecular weight is 547 g/mol. The summed E-state index contributed by atoms with van der Waals surface area (Å²) in [4.78, 5) is 14.7. The zero-order valence-electron chi connectivity index (χ0n) is 18.1. The van der Waals surface area contributed by atoms with Crippen LogP contribution in [0.25, 0.3) is 4.85 Å². The molecule has 2 atom stereocenters. The van der Waals surface area contributed by atoms with Crippen molar-refractivity contribution in [2.75, 3.05) is 26.4 Å². The Hall–Kier alpha value is -1.40. The van der Waals surface area contributed by atoms with E-state index in [9.17, 15) is 4.79 Å².